The second-order valence-electron chi connectivity index (χ2n) is 6.75. The standard InChI is InChI=1S/C22H25F2N3O3/c1-3-29-16-10-12-17(13-11-16)30-14-6-9-20(28)25-15(2)21-26-18-7-4-5-8-19(18)27(21)22(23)24/h4-5,7-8,10-13,15,22H,3,6,9,14H2,1-2H3,(H,25,28). The first-order valence-electron chi connectivity index (χ1n) is 9.89. The van der Waals surface area contributed by atoms with E-state index >= 15 is 0 Å². The Morgan fingerprint density at radius 2 is 1.77 bits per heavy atom. The summed E-state index contributed by atoms with van der Waals surface area (Å²) in [5.41, 5.74) is 0.810. The van der Waals surface area contributed by atoms with Gasteiger partial charge in [-0.25, -0.2) is 4.98 Å². The molecule has 1 heterocycles. The van der Waals surface area contributed by atoms with Crippen molar-refractivity contribution in [2.24, 2.45) is 0 Å². The van der Waals surface area contributed by atoms with Gasteiger partial charge in [-0.05, 0) is 56.7 Å². The Bertz CT molecular complexity index is 973. The molecule has 8 heteroatoms. The SMILES string of the molecule is CCOc1ccc(OCCCC(=O)NC(C)c2nc3ccccc3n2C(F)F)cc1. The van der Waals surface area contributed by atoms with Crippen molar-refractivity contribution >= 4 is 16.9 Å². The third kappa shape index (κ3) is 5.25. The molecule has 0 spiro atoms. The molecule has 1 unspecified atom stereocenters. The van der Waals surface area contributed by atoms with Crippen LogP contribution in [-0.2, 0) is 4.79 Å². The summed E-state index contributed by atoms with van der Waals surface area (Å²) in [6.07, 6.45) is 0.716. The number of alkyl halides is 2. The summed E-state index contributed by atoms with van der Waals surface area (Å²) in [5, 5.41) is 2.74. The molecular weight excluding hydrogens is 392 g/mol. The van der Waals surface area contributed by atoms with E-state index in [0.29, 0.717) is 36.4 Å². The minimum atomic E-state index is -2.74. The second kappa shape index (κ2) is 10.0. The Labute approximate surface area is 173 Å². The van der Waals surface area contributed by atoms with E-state index in [-0.39, 0.29) is 18.2 Å². The molecule has 1 amide bonds. The summed E-state index contributed by atoms with van der Waals surface area (Å²) in [7, 11) is 0. The van der Waals surface area contributed by atoms with Gasteiger partial charge in [-0.2, -0.15) is 8.78 Å². The number of carbonyl (C=O) groups excluding carboxylic acids is 1. The van der Waals surface area contributed by atoms with Crippen molar-refractivity contribution in [3.8, 4) is 11.5 Å². The number of amides is 1. The van der Waals surface area contributed by atoms with Gasteiger partial charge >= 0.3 is 6.55 Å². The molecule has 2 aromatic carbocycles. The van der Waals surface area contributed by atoms with E-state index in [9.17, 15) is 13.6 Å². The van der Waals surface area contributed by atoms with Gasteiger partial charge in [-0.3, -0.25) is 9.36 Å². The molecule has 1 aromatic heterocycles. The highest BCUT2D eigenvalue weighted by molar-refractivity contribution is 5.78. The maximum atomic E-state index is 13.6. The normalized spacial score (nSPS) is 12.2. The van der Waals surface area contributed by atoms with Crippen LogP contribution in [0.4, 0.5) is 8.78 Å². The summed E-state index contributed by atoms with van der Waals surface area (Å²) in [5.74, 6) is 1.35. The molecule has 0 aliphatic rings. The summed E-state index contributed by atoms with van der Waals surface area (Å²) in [6, 6.07) is 13.3. The zero-order valence-electron chi connectivity index (χ0n) is 17.0. The lowest BCUT2D eigenvalue weighted by atomic mass is 10.2. The Morgan fingerprint density at radius 3 is 2.43 bits per heavy atom. The van der Waals surface area contributed by atoms with Crippen LogP contribution in [0.2, 0.25) is 0 Å². The van der Waals surface area contributed by atoms with Crippen molar-refractivity contribution in [1.29, 1.82) is 0 Å². The molecule has 30 heavy (non-hydrogen) atoms. The lowest BCUT2D eigenvalue weighted by Crippen LogP contribution is -2.29. The van der Waals surface area contributed by atoms with Crippen molar-refractivity contribution < 1.29 is 23.0 Å². The summed E-state index contributed by atoms with van der Waals surface area (Å²) in [4.78, 5) is 16.5. The molecule has 160 valence electrons. The van der Waals surface area contributed by atoms with Gasteiger partial charge < -0.3 is 14.8 Å². The number of hydrogen-bond donors (Lipinski definition) is 1. The smallest absolute Gasteiger partial charge is 0.320 e. The second-order valence-corrected chi connectivity index (χ2v) is 6.75. The Kier molecular flexibility index (Phi) is 7.21. The van der Waals surface area contributed by atoms with Gasteiger partial charge in [0.15, 0.2) is 0 Å². The number of nitrogens with zero attached hydrogens (tertiary/aromatic N) is 2. The molecule has 0 saturated heterocycles. The molecule has 0 aliphatic carbocycles. The predicted octanol–water partition coefficient (Wildman–Crippen LogP) is 4.87. The van der Waals surface area contributed by atoms with Crippen LogP contribution in [-0.4, -0.2) is 28.7 Å². The number of benzene rings is 2. The molecule has 6 nitrogen and oxygen atoms in total. The number of imidazole rings is 1. The first-order chi connectivity index (χ1) is 14.5. The number of carbonyl (C=O) groups is 1. The number of hydrogen-bond acceptors (Lipinski definition) is 4. The topological polar surface area (TPSA) is 65.4 Å². The van der Waals surface area contributed by atoms with E-state index in [2.05, 4.69) is 10.3 Å². The van der Waals surface area contributed by atoms with Crippen LogP contribution in [0.5, 0.6) is 11.5 Å². The zero-order chi connectivity index (χ0) is 21.5. The molecule has 3 rings (SSSR count). The molecule has 0 radical (unpaired) electrons. The van der Waals surface area contributed by atoms with Crippen molar-refractivity contribution in [3.63, 3.8) is 0 Å². The van der Waals surface area contributed by atoms with Crippen LogP contribution >= 0.6 is 0 Å². The molecule has 1 N–H and O–H groups in total. The monoisotopic (exact) mass is 417 g/mol. The summed E-state index contributed by atoms with van der Waals surface area (Å²) in [6.45, 7) is 1.79. The predicted molar refractivity (Wildman–Crippen MR) is 110 cm³/mol. The fourth-order valence-electron chi connectivity index (χ4n) is 3.17. The van der Waals surface area contributed by atoms with Crippen LogP contribution < -0.4 is 14.8 Å². The van der Waals surface area contributed by atoms with Crippen molar-refractivity contribution in [2.75, 3.05) is 13.2 Å². The summed E-state index contributed by atoms with van der Waals surface area (Å²) >= 11 is 0. The first kappa shape index (κ1) is 21.5. The van der Waals surface area contributed by atoms with Gasteiger partial charge in [-0.15, -0.1) is 0 Å². The third-order valence-electron chi connectivity index (χ3n) is 4.53. The van der Waals surface area contributed by atoms with Crippen molar-refractivity contribution in [3.05, 3.63) is 54.4 Å². The Morgan fingerprint density at radius 1 is 1.10 bits per heavy atom. The average molecular weight is 417 g/mol. The van der Waals surface area contributed by atoms with Crippen LogP contribution in [0.25, 0.3) is 11.0 Å². The Balaban J connectivity index is 1.50. The van der Waals surface area contributed by atoms with Gasteiger partial charge in [0, 0.05) is 6.42 Å². The van der Waals surface area contributed by atoms with E-state index in [0.717, 1.165) is 10.3 Å². The highest BCUT2D eigenvalue weighted by atomic mass is 19.3. The van der Waals surface area contributed by atoms with E-state index in [1.165, 1.54) is 0 Å². The lowest BCUT2D eigenvalue weighted by molar-refractivity contribution is -0.122. The van der Waals surface area contributed by atoms with Gasteiger partial charge in [0.1, 0.15) is 17.3 Å². The fraction of sp³-hybridized carbons (Fsp3) is 0.364. The highest BCUT2D eigenvalue weighted by Crippen LogP contribution is 2.26. The third-order valence-corrected chi connectivity index (χ3v) is 4.53. The van der Waals surface area contributed by atoms with Crippen LogP contribution in [0, 0.1) is 0 Å². The number of nitrogens with one attached hydrogen (secondary N) is 1. The van der Waals surface area contributed by atoms with E-state index in [4.69, 9.17) is 9.47 Å². The summed E-state index contributed by atoms with van der Waals surface area (Å²) < 4.78 is 39.0. The average Bonchev–Trinajstić information content (AvgIpc) is 3.13. The Hall–Kier alpha value is -3.16. The van der Waals surface area contributed by atoms with Crippen molar-refractivity contribution in [1.82, 2.24) is 14.9 Å². The first-order valence-corrected chi connectivity index (χ1v) is 9.89. The fourth-order valence-corrected chi connectivity index (χ4v) is 3.17. The largest absolute Gasteiger partial charge is 0.494 e. The van der Waals surface area contributed by atoms with Crippen LogP contribution in [0.3, 0.4) is 0 Å². The number of para-hydroxylation sites is 2. The zero-order valence-corrected chi connectivity index (χ0v) is 17.0. The molecule has 0 bridgehead atoms. The quantitative estimate of drug-likeness (QED) is 0.478. The number of halogens is 2. The molecule has 1 atom stereocenters. The molecular formula is C22H25F2N3O3. The molecule has 0 aliphatic heterocycles. The minimum Gasteiger partial charge on any atom is -0.494 e. The minimum absolute atomic E-state index is 0.130. The van der Waals surface area contributed by atoms with Gasteiger partial charge in [0.25, 0.3) is 0 Å². The van der Waals surface area contributed by atoms with Gasteiger partial charge in [-0.1, -0.05) is 12.1 Å². The van der Waals surface area contributed by atoms with Gasteiger partial charge in [0.05, 0.1) is 30.3 Å². The highest BCUT2D eigenvalue weighted by Gasteiger charge is 2.22. The maximum Gasteiger partial charge on any atom is 0.320 e. The number of ether oxygens (including phenoxy) is 2. The molecule has 0 saturated carbocycles. The van der Waals surface area contributed by atoms with E-state index in [1.807, 2.05) is 31.2 Å². The number of fused-ring (bicyclic) bond motifs is 1. The van der Waals surface area contributed by atoms with Gasteiger partial charge in [0.2, 0.25) is 5.91 Å². The van der Waals surface area contributed by atoms with Crippen molar-refractivity contribution in [2.45, 2.75) is 39.3 Å². The number of rotatable bonds is 10. The lowest BCUT2D eigenvalue weighted by Gasteiger charge is -2.16. The number of aromatic nitrogens is 2. The van der Waals surface area contributed by atoms with E-state index in [1.54, 1.807) is 31.2 Å². The maximum absolute atomic E-state index is 13.6. The van der Waals surface area contributed by atoms with Crippen LogP contribution in [0.15, 0.2) is 48.5 Å². The molecule has 3 aromatic rings. The van der Waals surface area contributed by atoms with E-state index < -0.39 is 12.6 Å². The molecule has 0 fully saturated rings. The van der Waals surface area contributed by atoms with Crippen LogP contribution in [0.1, 0.15) is 45.1 Å².